The first-order chi connectivity index (χ1) is 14.5. The number of aryl methyl sites for hydroxylation is 1. The number of imidazole rings is 1. The van der Waals surface area contributed by atoms with E-state index >= 15 is 0 Å². The van der Waals surface area contributed by atoms with Gasteiger partial charge in [-0.1, -0.05) is 13.0 Å². The Morgan fingerprint density at radius 2 is 2.03 bits per heavy atom. The quantitative estimate of drug-likeness (QED) is 0.691. The van der Waals surface area contributed by atoms with Crippen molar-refractivity contribution in [1.29, 1.82) is 0 Å². The summed E-state index contributed by atoms with van der Waals surface area (Å²) in [6.45, 7) is 9.06. The Labute approximate surface area is 176 Å². The molecule has 7 heteroatoms. The Bertz CT molecular complexity index is 1070. The van der Waals surface area contributed by atoms with Crippen LogP contribution in [0, 0.1) is 18.3 Å². The maximum Gasteiger partial charge on any atom is 0.153 e. The molecule has 7 nitrogen and oxygen atoms in total. The Kier molecular flexibility index (Phi) is 4.75. The van der Waals surface area contributed by atoms with Crippen molar-refractivity contribution in [3.8, 4) is 11.3 Å². The molecular formula is C23H29N5O2. The van der Waals surface area contributed by atoms with Crippen LogP contribution >= 0.6 is 0 Å². The first kappa shape index (κ1) is 19.5. The molecule has 1 aromatic carbocycles. The number of rotatable bonds is 3. The molecule has 0 unspecified atom stereocenters. The summed E-state index contributed by atoms with van der Waals surface area (Å²) in [7, 11) is 0. The van der Waals surface area contributed by atoms with E-state index in [0.717, 1.165) is 66.3 Å². The lowest BCUT2D eigenvalue weighted by Crippen LogP contribution is -2.44. The fourth-order valence-corrected chi connectivity index (χ4v) is 5.09. The lowest BCUT2D eigenvalue weighted by molar-refractivity contribution is 0.0969. The number of aliphatic hydroxyl groups excluding tert-OH is 1. The number of hydrogen-bond donors (Lipinski definition) is 2. The fraction of sp³-hybridized carbons (Fsp3) is 0.522. The average Bonchev–Trinajstić information content (AvgIpc) is 3.34. The molecule has 30 heavy (non-hydrogen) atoms. The van der Waals surface area contributed by atoms with Crippen LogP contribution in [0.2, 0.25) is 0 Å². The van der Waals surface area contributed by atoms with E-state index < -0.39 is 0 Å². The van der Waals surface area contributed by atoms with Gasteiger partial charge in [0.05, 0.1) is 48.1 Å². The van der Waals surface area contributed by atoms with Gasteiger partial charge in [0.15, 0.2) is 5.82 Å². The maximum atomic E-state index is 10.1. The minimum Gasteiger partial charge on any atom is -0.390 e. The number of aromatic nitrogens is 4. The topological polar surface area (TPSA) is 87.2 Å². The number of fused-ring (bicyclic) bond motifs is 1. The third-order valence-corrected chi connectivity index (χ3v) is 7.33. The van der Waals surface area contributed by atoms with Crippen molar-refractivity contribution in [2.45, 2.75) is 46.3 Å². The summed E-state index contributed by atoms with van der Waals surface area (Å²) in [6.07, 6.45) is 4.19. The molecule has 2 N–H and O–H groups in total. The molecule has 0 amide bonds. The molecule has 158 valence electrons. The van der Waals surface area contributed by atoms with E-state index in [-0.39, 0.29) is 12.0 Å². The lowest BCUT2D eigenvalue weighted by atomic mass is 9.70. The zero-order valence-electron chi connectivity index (χ0n) is 17.9. The second-order valence-electron chi connectivity index (χ2n) is 8.87. The number of aromatic amines is 1. The van der Waals surface area contributed by atoms with E-state index in [2.05, 4.69) is 28.7 Å². The third kappa shape index (κ3) is 3.08. The average molecular weight is 408 g/mol. The third-order valence-electron chi connectivity index (χ3n) is 7.33. The van der Waals surface area contributed by atoms with Crippen LogP contribution in [-0.2, 0) is 11.3 Å². The van der Waals surface area contributed by atoms with Crippen LogP contribution in [0.4, 0.5) is 5.82 Å². The molecule has 0 aliphatic carbocycles. The summed E-state index contributed by atoms with van der Waals surface area (Å²) >= 11 is 0. The van der Waals surface area contributed by atoms with Crippen LogP contribution in [0.5, 0.6) is 0 Å². The van der Waals surface area contributed by atoms with Gasteiger partial charge < -0.3 is 19.7 Å². The summed E-state index contributed by atoms with van der Waals surface area (Å²) < 4.78 is 5.96. The Hall–Kier alpha value is -2.51. The number of hydrogen-bond acceptors (Lipinski definition) is 6. The van der Waals surface area contributed by atoms with Gasteiger partial charge in [-0.25, -0.2) is 15.0 Å². The van der Waals surface area contributed by atoms with E-state index in [1.54, 1.807) is 6.33 Å². The molecule has 1 spiro atoms. The normalized spacial score (nSPS) is 23.5. The molecule has 2 aliphatic rings. The van der Waals surface area contributed by atoms with Crippen molar-refractivity contribution in [3.05, 3.63) is 35.9 Å². The minimum absolute atomic E-state index is 0.125. The summed E-state index contributed by atoms with van der Waals surface area (Å²) in [5.41, 5.74) is 5.45. The van der Waals surface area contributed by atoms with Crippen LogP contribution in [0.1, 0.15) is 38.1 Å². The summed E-state index contributed by atoms with van der Waals surface area (Å²) in [5, 5.41) is 10.1. The molecule has 4 heterocycles. The smallest absolute Gasteiger partial charge is 0.153 e. The van der Waals surface area contributed by atoms with Gasteiger partial charge in [-0.05, 0) is 44.7 Å². The standard InChI is InChI=1S/C23H29N5O2/c1-14-16(3)30-12-23(14)6-8-28(9-7-23)22-20(11-29)27-21(15(2)26-22)17-4-5-18-19(10-17)25-13-24-18/h4-5,10,13-14,16,29H,6-9,11-12H2,1-3H3,(H,24,25)/t14-,16+/m1/s1. The van der Waals surface area contributed by atoms with E-state index in [4.69, 9.17) is 14.7 Å². The van der Waals surface area contributed by atoms with E-state index in [0.29, 0.717) is 17.7 Å². The number of benzene rings is 1. The highest BCUT2D eigenvalue weighted by Crippen LogP contribution is 2.46. The molecule has 3 aromatic rings. The van der Waals surface area contributed by atoms with E-state index in [1.165, 1.54) is 0 Å². The van der Waals surface area contributed by atoms with Gasteiger partial charge >= 0.3 is 0 Å². The molecular weight excluding hydrogens is 378 g/mol. The van der Waals surface area contributed by atoms with Crippen LogP contribution in [-0.4, -0.2) is 50.8 Å². The molecule has 0 saturated carbocycles. The largest absolute Gasteiger partial charge is 0.390 e. The molecule has 0 bridgehead atoms. The Morgan fingerprint density at radius 1 is 1.23 bits per heavy atom. The predicted molar refractivity (Wildman–Crippen MR) is 116 cm³/mol. The van der Waals surface area contributed by atoms with Gasteiger partial charge in [0.25, 0.3) is 0 Å². The van der Waals surface area contributed by atoms with Crippen molar-refractivity contribution >= 4 is 16.9 Å². The van der Waals surface area contributed by atoms with Gasteiger partial charge in [-0.3, -0.25) is 0 Å². The molecule has 2 atom stereocenters. The molecule has 2 fully saturated rings. The zero-order valence-corrected chi connectivity index (χ0v) is 17.9. The van der Waals surface area contributed by atoms with Crippen molar-refractivity contribution in [2.75, 3.05) is 24.6 Å². The molecule has 2 saturated heterocycles. The fourth-order valence-electron chi connectivity index (χ4n) is 5.09. The van der Waals surface area contributed by atoms with Crippen molar-refractivity contribution in [1.82, 2.24) is 19.9 Å². The SMILES string of the molecule is Cc1nc(N2CCC3(CC2)CO[C@@H](C)[C@H]3C)c(CO)nc1-c1ccc2nc[nH]c2c1. The minimum atomic E-state index is -0.125. The van der Waals surface area contributed by atoms with Gasteiger partial charge in [0.1, 0.15) is 5.69 Å². The summed E-state index contributed by atoms with van der Waals surface area (Å²) in [5.74, 6) is 1.39. The van der Waals surface area contributed by atoms with Crippen LogP contribution in [0.25, 0.3) is 22.3 Å². The van der Waals surface area contributed by atoms with Crippen molar-refractivity contribution in [2.24, 2.45) is 11.3 Å². The van der Waals surface area contributed by atoms with Gasteiger partial charge in [-0.15, -0.1) is 0 Å². The van der Waals surface area contributed by atoms with E-state index in [1.807, 2.05) is 25.1 Å². The number of ether oxygens (including phenoxy) is 1. The van der Waals surface area contributed by atoms with E-state index in [9.17, 15) is 5.11 Å². The highest BCUT2D eigenvalue weighted by molar-refractivity contribution is 5.81. The molecule has 2 aromatic heterocycles. The second kappa shape index (κ2) is 7.32. The summed E-state index contributed by atoms with van der Waals surface area (Å²) in [4.78, 5) is 19.4. The van der Waals surface area contributed by atoms with Crippen LogP contribution < -0.4 is 4.90 Å². The molecule has 0 radical (unpaired) electrons. The zero-order chi connectivity index (χ0) is 20.9. The number of nitrogens with one attached hydrogen (secondary N) is 1. The first-order valence-electron chi connectivity index (χ1n) is 10.8. The number of anilines is 1. The highest BCUT2D eigenvalue weighted by atomic mass is 16.5. The van der Waals surface area contributed by atoms with Gasteiger partial charge in [-0.2, -0.15) is 0 Å². The molecule has 2 aliphatic heterocycles. The maximum absolute atomic E-state index is 10.1. The lowest BCUT2D eigenvalue weighted by Gasteiger charge is -2.42. The number of nitrogens with zero attached hydrogens (tertiary/aromatic N) is 4. The Balaban J connectivity index is 1.43. The van der Waals surface area contributed by atoms with Crippen LogP contribution in [0.15, 0.2) is 24.5 Å². The monoisotopic (exact) mass is 407 g/mol. The first-order valence-corrected chi connectivity index (χ1v) is 10.8. The molecule has 5 rings (SSSR count). The van der Waals surface area contributed by atoms with Gasteiger partial charge in [0.2, 0.25) is 0 Å². The van der Waals surface area contributed by atoms with Crippen molar-refractivity contribution < 1.29 is 9.84 Å². The number of piperidine rings is 1. The highest BCUT2D eigenvalue weighted by Gasteiger charge is 2.47. The summed E-state index contributed by atoms with van der Waals surface area (Å²) in [6, 6.07) is 6.02. The Morgan fingerprint density at radius 3 is 2.73 bits per heavy atom. The predicted octanol–water partition coefficient (Wildman–Crippen LogP) is 3.46. The van der Waals surface area contributed by atoms with Crippen molar-refractivity contribution in [3.63, 3.8) is 0 Å². The van der Waals surface area contributed by atoms with Crippen LogP contribution in [0.3, 0.4) is 0 Å². The number of aliphatic hydroxyl groups is 1. The second-order valence-corrected chi connectivity index (χ2v) is 8.87. The number of H-pyrrole nitrogens is 1. The van der Waals surface area contributed by atoms with Gasteiger partial charge in [0, 0.05) is 24.1 Å².